The third-order valence-corrected chi connectivity index (χ3v) is 3.58. The molecular formula is C18H20N2O5. The van der Waals surface area contributed by atoms with Gasteiger partial charge in [0.05, 0.1) is 32.1 Å². The average Bonchev–Trinajstić information content (AvgIpc) is 3.18. The number of pyridine rings is 1. The van der Waals surface area contributed by atoms with Crippen LogP contribution in [0.25, 0.3) is 0 Å². The Morgan fingerprint density at radius 1 is 1.16 bits per heavy atom. The first-order valence-electron chi connectivity index (χ1n) is 8.01. The Balaban J connectivity index is 1.79. The van der Waals surface area contributed by atoms with Crippen LogP contribution in [0.15, 0.2) is 48.5 Å². The fourth-order valence-corrected chi connectivity index (χ4v) is 2.38. The molecule has 2 heterocycles. The quantitative estimate of drug-likeness (QED) is 0.802. The SMILES string of the molecule is COCCN(C(=O)Oc1ccccc1)c1cccc(C2OCCO2)n1. The zero-order chi connectivity index (χ0) is 17.5. The van der Waals surface area contributed by atoms with Crippen molar-refractivity contribution < 1.29 is 23.7 Å². The molecule has 0 N–H and O–H groups in total. The fraction of sp³-hybridized carbons (Fsp3) is 0.333. The van der Waals surface area contributed by atoms with Gasteiger partial charge in [-0.2, -0.15) is 0 Å². The molecule has 2 aromatic rings. The highest BCUT2D eigenvalue weighted by Crippen LogP contribution is 2.24. The highest BCUT2D eigenvalue weighted by molar-refractivity contribution is 5.88. The molecule has 7 nitrogen and oxygen atoms in total. The van der Waals surface area contributed by atoms with Crippen LogP contribution in [0.4, 0.5) is 10.6 Å². The molecule has 1 fully saturated rings. The third kappa shape index (κ3) is 4.54. The zero-order valence-corrected chi connectivity index (χ0v) is 14.0. The molecule has 1 aliphatic heterocycles. The number of carbonyl (C=O) groups excluding carboxylic acids is 1. The van der Waals surface area contributed by atoms with Crippen molar-refractivity contribution in [1.82, 2.24) is 4.98 Å². The topological polar surface area (TPSA) is 70.1 Å². The van der Waals surface area contributed by atoms with Crippen LogP contribution in [0.2, 0.25) is 0 Å². The summed E-state index contributed by atoms with van der Waals surface area (Å²) in [6.07, 6.45) is -1.03. The van der Waals surface area contributed by atoms with Crippen molar-refractivity contribution >= 4 is 11.9 Å². The summed E-state index contributed by atoms with van der Waals surface area (Å²) in [5.41, 5.74) is 0.616. The number of amides is 1. The largest absolute Gasteiger partial charge is 0.421 e. The van der Waals surface area contributed by atoms with Crippen LogP contribution in [-0.4, -0.2) is 44.6 Å². The molecule has 0 aliphatic carbocycles. The van der Waals surface area contributed by atoms with E-state index in [2.05, 4.69) is 4.98 Å². The van der Waals surface area contributed by atoms with E-state index in [1.807, 2.05) is 6.07 Å². The van der Waals surface area contributed by atoms with Gasteiger partial charge in [-0.05, 0) is 24.3 Å². The van der Waals surface area contributed by atoms with Gasteiger partial charge in [0.25, 0.3) is 0 Å². The summed E-state index contributed by atoms with van der Waals surface area (Å²) in [5.74, 6) is 0.920. The molecule has 7 heteroatoms. The number of hydrogen-bond donors (Lipinski definition) is 0. The molecule has 0 spiro atoms. The average molecular weight is 344 g/mol. The first-order valence-corrected chi connectivity index (χ1v) is 8.01. The van der Waals surface area contributed by atoms with E-state index in [0.717, 1.165) is 0 Å². The number of aromatic nitrogens is 1. The van der Waals surface area contributed by atoms with E-state index in [0.29, 0.717) is 43.6 Å². The Hall–Kier alpha value is -2.48. The van der Waals surface area contributed by atoms with Gasteiger partial charge in [-0.25, -0.2) is 9.78 Å². The lowest BCUT2D eigenvalue weighted by Gasteiger charge is -2.21. The summed E-state index contributed by atoms with van der Waals surface area (Å²) in [4.78, 5) is 18.5. The van der Waals surface area contributed by atoms with Crippen molar-refractivity contribution in [2.45, 2.75) is 6.29 Å². The summed E-state index contributed by atoms with van der Waals surface area (Å²) >= 11 is 0. The smallest absolute Gasteiger partial charge is 0.410 e. The highest BCUT2D eigenvalue weighted by Gasteiger charge is 2.23. The predicted octanol–water partition coefficient (Wildman–Crippen LogP) is 2.78. The Kier molecular flexibility index (Phi) is 5.95. The van der Waals surface area contributed by atoms with Gasteiger partial charge in [-0.3, -0.25) is 4.90 Å². The minimum atomic E-state index is -0.527. The number of hydrogen-bond acceptors (Lipinski definition) is 6. The van der Waals surface area contributed by atoms with Gasteiger partial charge in [0.15, 0.2) is 0 Å². The van der Waals surface area contributed by atoms with Crippen molar-refractivity contribution in [3.05, 3.63) is 54.2 Å². The molecule has 0 saturated carbocycles. The number of methoxy groups -OCH3 is 1. The zero-order valence-electron chi connectivity index (χ0n) is 14.0. The van der Waals surface area contributed by atoms with Gasteiger partial charge in [0, 0.05) is 7.11 Å². The third-order valence-electron chi connectivity index (χ3n) is 3.58. The summed E-state index contributed by atoms with van der Waals surface area (Å²) in [5, 5.41) is 0. The molecule has 1 saturated heterocycles. The van der Waals surface area contributed by atoms with Gasteiger partial charge in [-0.15, -0.1) is 0 Å². The van der Waals surface area contributed by atoms with Gasteiger partial charge in [0.1, 0.15) is 11.6 Å². The fourth-order valence-electron chi connectivity index (χ4n) is 2.38. The summed E-state index contributed by atoms with van der Waals surface area (Å²) < 4.78 is 21.5. The second-order valence-electron chi connectivity index (χ2n) is 5.32. The minimum absolute atomic E-state index is 0.311. The van der Waals surface area contributed by atoms with Crippen LogP contribution in [0.5, 0.6) is 5.75 Å². The molecule has 0 atom stereocenters. The van der Waals surface area contributed by atoms with Gasteiger partial charge in [0.2, 0.25) is 6.29 Å². The molecule has 1 aromatic heterocycles. The molecular weight excluding hydrogens is 324 g/mol. The first-order chi connectivity index (χ1) is 12.3. The maximum Gasteiger partial charge on any atom is 0.421 e. The van der Waals surface area contributed by atoms with Gasteiger partial charge < -0.3 is 18.9 Å². The van der Waals surface area contributed by atoms with E-state index < -0.39 is 12.4 Å². The van der Waals surface area contributed by atoms with E-state index in [4.69, 9.17) is 18.9 Å². The van der Waals surface area contributed by atoms with Gasteiger partial charge >= 0.3 is 6.09 Å². The number of anilines is 1. The van der Waals surface area contributed by atoms with E-state index in [1.165, 1.54) is 4.90 Å². The van der Waals surface area contributed by atoms with Crippen molar-refractivity contribution in [3.8, 4) is 5.75 Å². The molecule has 1 aliphatic rings. The van der Waals surface area contributed by atoms with E-state index in [-0.39, 0.29) is 0 Å². The second kappa shape index (κ2) is 8.57. The number of benzene rings is 1. The Bertz CT molecular complexity index is 689. The van der Waals surface area contributed by atoms with Crippen molar-refractivity contribution in [3.63, 3.8) is 0 Å². The number of rotatable bonds is 6. The van der Waals surface area contributed by atoms with Crippen molar-refractivity contribution in [2.24, 2.45) is 0 Å². The standard InChI is InChI=1S/C18H20N2O5/c1-22-11-10-20(18(21)25-14-6-3-2-4-7-14)16-9-5-8-15(19-16)17-23-12-13-24-17/h2-9,17H,10-13H2,1H3. The van der Waals surface area contributed by atoms with Crippen LogP contribution >= 0.6 is 0 Å². The Morgan fingerprint density at radius 2 is 1.92 bits per heavy atom. The van der Waals surface area contributed by atoms with E-state index in [1.54, 1.807) is 49.6 Å². The molecule has 0 bridgehead atoms. The normalized spacial score (nSPS) is 14.4. The lowest BCUT2D eigenvalue weighted by atomic mass is 10.3. The second-order valence-corrected chi connectivity index (χ2v) is 5.32. The molecule has 0 unspecified atom stereocenters. The first kappa shape index (κ1) is 17.3. The lowest BCUT2D eigenvalue weighted by molar-refractivity contribution is -0.0472. The summed E-state index contributed by atoms with van der Waals surface area (Å²) in [6.45, 7) is 1.72. The van der Waals surface area contributed by atoms with Crippen LogP contribution < -0.4 is 9.64 Å². The van der Waals surface area contributed by atoms with Gasteiger partial charge in [-0.1, -0.05) is 24.3 Å². The van der Waals surface area contributed by atoms with Crippen LogP contribution in [0.3, 0.4) is 0 Å². The Labute approximate surface area is 146 Å². The van der Waals surface area contributed by atoms with E-state index >= 15 is 0 Å². The number of nitrogens with zero attached hydrogens (tertiary/aromatic N) is 2. The minimum Gasteiger partial charge on any atom is -0.410 e. The molecule has 132 valence electrons. The number of ether oxygens (including phenoxy) is 4. The highest BCUT2D eigenvalue weighted by atomic mass is 16.7. The molecule has 1 amide bonds. The maximum absolute atomic E-state index is 12.6. The van der Waals surface area contributed by atoms with E-state index in [9.17, 15) is 4.79 Å². The lowest BCUT2D eigenvalue weighted by Crippen LogP contribution is -2.37. The van der Waals surface area contributed by atoms with Crippen molar-refractivity contribution in [1.29, 1.82) is 0 Å². The van der Waals surface area contributed by atoms with Crippen molar-refractivity contribution in [2.75, 3.05) is 38.4 Å². The van der Waals surface area contributed by atoms with Crippen LogP contribution in [0, 0.1) is 0 Å². The molecule has 25 heavy (non-hydrogen) atoms. The monoisotopic (exact) mass is 344 g/mol. The van der Waals surface area contributed by atoms with Crippen LogP contribution in [0.1, 0.15) is 12.0 Å². The van der Waals surface area contributed by atoms with Crippen LogP contribution in [-0.2, 0) is 14.2 Å². The predicted molar refractivity (Wildman–Crippen MR) is 90.6 cm³/mol. The molecule has 3 rings (SSSR count). The number of carbonyl (C=O) groups is 1. The summed E-state index contributed by atoms with van der Waals surface area (Å²) in [6, 6.07) is 14.2. The summed E-state index contributed by atoms with van der Waals surface area (Å²) in [7, 11) is 1.57. The molecule has 0 radical (unpaired) electrons. The maximum atomic E-state index is 12.6. The molecule has 1 aromatic carbocycles. The number of para-hydroxylation sites is 1. The Morgan fingerprint density at radius 3 is 2.64 bits per heavy atom.